The van der Waals surface area contributed by atoms with Crippen molar-refractivity contribution < 1.29 is 19.4 Å². The summed E-state index contributed by atoms with van der Waals surface area (Å²) in [4.78, 5) is 25.1. The molecule has 0 radical (unpaired) electrons. The molecule has 0 bridgehead atoms. The third-order valence-electron chi connectivity index (χ3n) is 3.31. The minimum atomic E-state index is -0.440. The van der Waals surface area contributed by atoms with Crippen molar-refractivity contribution in [3.05, 3.63) is 23.8 Å². The van der Waals surface area contributed by atoms with Gasteiger partial charge in [-0.3, -0.25) is 9.59 Å². The summed E-state index contributed by atoms with van der Waals surface area (Å²) in [5.41, 5.74) is 1.00. The highest BCUT2D eigenvalue weighted by Crippen LogP contribution is 2.29. The number of aliphatic hydroxyl groups excluding tert-OH is 1. The van der Waals surface area contributed by atoms with Gasteiger partial charge in [-0.1, -0.05) is 0 Å². The highest BCUT2D eigenvalue weighted by atomic mass is 16.5. The highest BCUT2D eigenvalue weighted by Gasteiger charge is 2.26. The third-order valence-corrected chi connectivity index (χ3v) is 3.31. The Morgan fingerprint density at radius 2 is 2.32 bits per heavy atom. The molecule has 1 aromatic rings. The Hall–Kier alpha value is -2.08. The van der Waals surface area contributed by atoms with Crippen LogP contribution in [-0.4, -0.2) is 47.6 Å². The van der Waals surface area contributed by atoms with Gasteiger partial charge < -0.3 is 20.1 Å². The van der Waals surface area contributed by atoms with E-state index in [2.05, 4.69) is 5.32 Å². The summed E-state index contributed by atoms with van der Waals surface area (Å²) in [6.07, 6.45) is 0.167. The van der Waals surface area contributed by atoms with Crippen molar-refractivity contribution >= 4 is 17.5 Å². The molecule has 1 aromatic carbocycles. The van der Waals surface area contributed by atoms with Crippen molar-refractivity contribution in [1.82, 2.24) is 4.90 Å². The molecule has 6 nitrogen and oxygen atoms in total. The first kappa shape index (κ1) is 12.0. The summed E-state index contributed by atoms with van der Waals surface area (Å²) >= 11 is 0. The number of aliphatic hydroxyl groups is 1. The Balaban J connectivity index is 1.83. The summed E-state index contributed by atoms with van der Waals surface area (Å²) in [6, 6.07) is 4.96. The van der Waals surface area contributed by atoms with E-state index in [1.165, 1.54) is 0 Å². The molecule has 0 saturated carbocycles. The minimum absolute atomic E-state index is 0.00138. The Morgan fingerprint density at radius 1 is 1.47 bits per heavy atom. The van der Waals surface area contributed by atoms with Crippen molar-refractivity contribution in [2.75, 3.05) is 25.0 Å². The number of likely N-dealkylation sites (tertiary alicyclic amines) is 1. The van der Waals surface area contributed by atoms with E-state index in [9.17, 15) is 14.7 Å². The van der Waals surface area contributed by atoms with E-state index in [0.717, 1.165) is 0 Å². The van der Waals surface area contributed by atoms with Gasteiger partial charge in [0, 0.05) is 18.7 Å². The van der Waals surface area contributed by atoms with Gasteiger partial charge in [0.1, 0.15) is 5.75 Å². The van der Waals surface area contributed by atoms with Crippen molar-refractivity contribution in [2.24, 2.45) is 0 Å². The second-order valence-electron chi connectivity index (χ2n) is 4.74. The van der Waals surface area contributed by atoms with Gasteiger partial charge in [-0.25, -0.2) is 0 Å². The molecule has 0 spiro atoms. The van der Waals surface area contributed by atoms with Crippen LogP contribution in [0.25, 0.3) is 0 Å². The van der Waals surface area contributed by atoms with Gasteiger partial charge in [-0.05, 0) is 24.6 Å². The lowest BCUT2D eigenvalue weighted by atomic mass is 10.1. The number of benzene rings is 1. The van der Waals surface area contributed by atoms with E-state index in [-0.39, 0.29) is 18.4 Å². The number of hydrogen-bond acceptors (Lipinski definition) is 4. The van der Waals surface area contributed by atoms with E-state index >= 15 is 0 Å². The fourth-order valence-corrected chi connectivity index (χ4v) is 2.33. The molecule has 3 rings (SSSR count). The SMILES string of the molecule is O=C1COc2ccc(C(=O)N3CC[C@@H](O)C3)cc2N1. The molecule has 2 aliphatic heterocycles. The van der Waals surface area contributed by atoms with Crippen LogP contribution in [0, 0.1) is 0 Å². The lowest BCUT2D eigenvalue weighted by Crippen LogP contribution is -2.30. The van der Waals surface area contributed by atoms with Gasteiger partial charge >= 0.3 is 0 Å². The van der Waals surface area contributed by atoms with Gasteiger partial charge in [0.05, 0.1) is 11.8 Å². The molecule has 0 unspecified atom stereocenters. The Bertz CT molecular complexity index is 543. The number of β-amino-alcohol motifs (C(OH)–C–C–N with tert-alkyl or cyclic N) is 1. The maximum Gasteiger partial charge on any atom is 0.262 e. The zero-order valence-electron chi connectivity index (χ0n) is 10.3. The molecule has 6 heteroatoms. The molecule has 19 heavy (non-hydrogen) atoms. The van der Waals surface area contributed by atoms with Crippen LogP contribution in [0.2, 0.25) is 0 Å². The summed E-state index contributed by atoms with van der Waals surface area (Å²) in [7, 11) is 0. The second-order valence-corrected chi connectivity index (χ2v) is 4.74. The fraction of sp³-hybridized carbons (Fsp3) is 0.385. The van der Waals surface area contributed by atoms with Gasteiger partial charge in [0.25, 0.3) is 11.8 Å². The maximum absolute atomic E-state index is 12.2. The lowest BCUT2D eigenvalue weighted by molar-refractivity contribution is -0.118. The van der Waals surface area contributed by atoms with Gasteiger partial charge in [0.15, 0.2) is 6.61 Å². The molecule has 1 atom stereocenters. The van der Waals surface area contributed by atoms with Crippen LogP contribution in [-0.2, 0) is 4.79 Å². The molecule has 1 saturated heterocycles. The van der Waals surface area contributed by atoms with Crippen LogP contribution in [0.4, 0.5) is 5.69 Å². The number of carbonyl (C=O) groups is 2. The van der Waals surface area contributed by atoms with E-state index < -0.39 is 6.10 Å². The monoisotopic (exact) mass is 262 g/mol. The van der Waals surface area contributed by atoms with Crippen LogP contribution in [0.5, 0.6) is 5.75 Å². The predicted molar refractivity (Wildman–Crippen MR) is 67.1 cm³/mol. The molecule has 2 N–H and O–H groups in total. The van der Waals surface area contributed by atoms with E-state index in [1.807, 2.05) is 0 Å². The van der Waals surface area contributed by atoms with Crippen LogP contribution >= 0.6 is 0 Å². The number of fused-ring (bicyclic) bond motifs is 1. The number of ether oxygens (including phenoxy) is 1. The number of hydrogen-bond donors (Lipinski definition) is 2. The summed E-state index contributed by atoms with van der Waals surface area (Å²) in [5, 5.41) is 12.1. The number of carbonyl (C=O) groups excluding carboxylic acids is 2. The quantitative estimate of drug-likeness (QED) is 0.759. The average molecular weight is 262 g/mol. The van der Waals surface area contributed by atoms with E-state index in [1.54, 1.807) is 23.1 Å². The highest BCUT2D eigenvalue weighted by molar-refractivity contribution is 5.99. The molecule has 2 amide bonds. The number of amides is 2. The topological polar surface area (TPSA) is 78.9 Å². The molecule has 0 aromatic heterocycles. The zero-order valence-corrected chi connectivity index (χ0v) is 10.3. The van der Waals surface area contributed by atoms with Crippen molar-refractivity contribution in [3.63, 3.8) is 0 Å². The van der Waals surface area contributed by atoms with Crippen LogP contribution < -0.4 is 10.1 Å². The van der Waals surface area contributed by atoms with Crippen LogP contribution in [0.1, 0.15) is 16.8 Å². The molecule has 0 aliphatic carbocycles. The van der Waals surface area contributed by atoms with Crippen molar-refractivity contribution in [3.8, 4) is 5.75 Å². The number of anilines is 1. The maximum atomic E-state index is 12.2. The lowest BCUT2D eigenvalue weighted by Gasteiger charge is -2.20. The molecule has 100 valence electrons. The largest absolute Gasteiger partial charge is 0.482 e. The molecule has 2 heterocycles. The normalized spacial score (nSPS) is 21.6. The van der Waals surface area contributed by atoms with Crippen LogP contribution in [0.15, 0.2) is 18.2 Å². The molecular formula is C13H14N2O4. The zero-order chi connectivity index (χ0) is 13.4. The molecular weight excluding hydrogens is 248 g/mol. The standard InChI is InChI=1S/C13H14N2O4/c16-9-3-4-15(6-9)13(18)8-1-2-11-10(5-8)14-12(17)7-19-11/h1-2,5,9,16H,3-4,6-7H2,(H,14,17)/t9-/m1/s1. The first-order valence-electron chi connectivity index (χ1n) is 6.17. The first-order valence-corrected chi connectivity index (χ1v) is 6.17. The molecule has 2 aliphatic rings. The van der Waals surface area contributed by atoms with Gasteiger partial charge in [-0.2, -0.15) is 0 Å². The third kappa shape index (κ3) is 2.26. The fourth-order valence-electron chi connectivity index (χ4n) is 2.33. The number of nitrogens with zero attached hydrogens (tertiary/aromatic N) is 1. The summed E-state index contributed by atoms with van der Waals surface area (Å²) in [5.74, 6) is 0.200. The van der Waals surface area contributed by atoms with Gasteiger partial charge in [-0.15, -0.1) is 0 Å². The second kappa shape index (κ2) is 4.55. The van der Waals surface area contributed by atoms with Gasteiger partial charge in [0.2, 0.25) is 0 Å². The Labute approximate surface area is 110 Å². The predicted octanol–water partition coefficient (Wildman–Crippen LogP) is 0.224. The van der Waals surface area contributed by atoms with E-state index in [4.69, 9.17) is 4.74 Å². The Morgan fingerprint density at radius 3 is 3.05 bits per heavy atom. The summed E-state index contributed by atoms with van der Waals surface area (Å²) < 4.78 is 5.24. The van der Waals surface area contributed by atoms with Crippen molar-refractivity contribution in [1.29, 1.82) is 0 Å². The smallest absolute Gasteiger partial charge is 0.262 e. The molecule has 1 fully saturated rings. The van der Waals surface area contributed by atoms with E-state index in [0.29, 0.717) is 36.5 Å². The van der Waals surface area contributed by atoms with Crippen molar-refractivity contribution in [2.45, 2.75) is 12.5 Å². The first-order chi connectivity index (χ1) is 9.13. The number of nitrogens with one attached hydrogen (secondary N) is 1. The summed E-state index contributed by atoms with van der Waals surface area (Å²) in [6.45, 7) is 0.914. The average Bonchev–Trinajstić information content (AvgIpc) is 2.83. The Kier molecular flexibility index (Phi) is 2.87. The minimum Gasteiger partial charge on any atom is -0.482 e. The van der Waals surface area contributed by atoms with Crippen LogP contribution in [0.3, 0.4) is 0 Å². The number of rotatable bonds is 1.